The molecule has 3 aromatic rings. The number of H-pyrrole nitrogens is 1. The molecule has 0 unspecified atom stereocenters. The van der Waals surface area contributed by atoms with Gasteiger partial charge in [0.1, 0.15) is 5.69 Å². The van der Waals surface area contributed by atoms with Crippen molar-refractivity contribution < 1.29 is 4.74 Å². The van der Waals surface area contributed by atoms with Crippen LogP contribution in [0.3, 0.4) is 0 Å². The minimum atomic E-state index is 0.118. The zero-order valence-electron chi connectivity index (χ0n) is 15.1. The number of hydrogen-bond acceptors (Lipinski definition) is 4. The molecule has 0 bridgehead atoms. The Hall–Kier alpha value is -2.56. The Morgan fingerprint density at radius 3 is 2.58 bits per heavy atom. The molecule has 5 nitrogen and oxygen atoms in total. The monoisotopic (exact) mass is 326 g/mol. The fourth-order valence-corrected chi connectivity index (χ4v) is 2.38. The van der Waals surface area contributed by atoms with Gasteiger partial charge in [0.25, 0.3) is 0 Å². The minimum Gasteiger partial charge on any atom is -0.475 e. The molecule has 2 aromatic heterocycles. The van der Waals surface area contributed by atoms with Gasteiger partial charge in [-0.1, -0.05) is 13.8 Å². The van der Waals surface area contributed by atoms with E-state index in [1.165, 1.54) is 0 Å². The highest BCUT2D eigenvalue weighted by Gasteiger charge is 2.10. The van der Waals surface area contributed by atoms with E-state index in [9.17, 15) is 0 Å². The van der Waals surface area contributed by atoms with Crippen LogP contribution in [0.5, 0.6) is 5.88 Å². The van der Waals surface area contributed by atoms with E-state index in [1.54, 1.807) is 6.20 Å². The Labute approximate surface area is 143 Å². The van der Waals surface area contributed by atoms with E-state index in [0.29, 0.717) is 5.88 Å². The summed E-state index contributed by atoms with van der Waals surface area (Å²) in [6.45, 7) is 10.9. The normalized spacial score (nSPS) is 10.4. The van der Waals surface area contributed by atoms with Crippen molar-refractivity contribution in [3.05, 3.63) is 36.5 Å². The molecule has 0 atom stereocenters. The van der Waals surface area contributed by atoms with Crippen LogP contribution in [0.1, 0.15) is 34.6 Å². The summed E-state index contributed by atoms with van der Waals surface area (Å²) in [5.74, 6) is 0.631. The van der Waals surface area contributed by atoms with Gasteiger partial charge in [0.15, 0.2) is 0 Å². The van der Waals surface area contributed by atoms with Crippen LogP contribution in [0.25, 0.3) is 22.2 Å². The van der Waals surface area contributed by atoms with Crippen molar-refractivity contribution in [3.8, 4) is 17.1 Å². The van der Waals surface area contributed by atoms with E-state index in [-0.39, 0.29) is 6.10 Å². The minimum absolute atomic E-state index is 0.118. The highest BCUT2D eigenvalue weighted by Crippen LogP contribution is 2.28. The molecule has 0 aliphatic rings. The molecule has 0 radical (unpaired) electrons. The Morgan fingerprint density at radius 2 is 1.96 bits per heavy atom. The summed E-state index contributed by atoms with van der Waals surface area (Å²) >= 11 is 0. The van der Waals surface area contributed by atoms with E-state index in [2.05, 4.69) is 33.5 Å². The molecule has 5 heteroatoms. The van der Waals surface area contributed by atoms with Crippen molar-refractivity contribution in [1.29, 1.82) is 0 Å². The van der Waals surface area contributed by atoms with Gasteiger partial charge in [-0.05, 0) is 45.0 Å². The Balaban J connectivity index is 0.00000100. The summed E-state index contributed by atoms with van der Waals surface area (Å²) in [5.41, 5.74) is 3.97. The van der Waals surface area contributed by atoms with Gasteiger partial charge < -0.3 is 10.1 Å². The zero-order chi connectivity index (χ0) is 17.5. The molecule has 128 valence electrons. The van der Waals surface area contributed by atoms with Crippen molar-refractivity contribution in [2.24, 2.45) is 0 Å². The van der Waals surface area contributed by atoms with E-state index < -0.39 is 0 Å². The second-order valence-electron chi connectivity index (χ2n) is 5.41. The van der Waals surface area contributed by atoms with Crippen LogP contribution in [-0.2, 0) is 0 Å². The van der Waals surface area contributed by atoms with E-state index in [0.717, 1.165) is 34.4 Å². The molecule has 2 N–H and O–H groups in total. The quantitative estimate of drug-likeness (QED) is 0.702. The first-order chi connectivity index (χ1) is 11.7. The molecule has 0 amide bonds. The van der Waals surface area contributed by atoms with Crippen molar-refractivity contribution in [3.63, 3.8) is 0 Å². The smallest absolute Gasteiger partial charge is 0.213 e. The highest BCUT2D eigenvalue weighted by atomic mass is 16.5. The standard InChI is InChI=1S/C17H20N4O.C2H6/c1-4-18-13-6-7-15-14(9-13)17(21-20-15)12-5-8-16(19-10-12)22-11(2)3;1-2/h5-11,18H,4H2,1-3H3,(H,20,21);1-2H3. The van der Waals surface area contributed by atoms with Gasteiger partial charge >= 0.3 is 0 Å². The van der Waals surface area contributed by atoms with Gasteiger partial charge in [0.2, 0.25) is 5.88 Å². The average Bonchev–Trinajstić information content (AvgIpc) is 3.00. The molecular formula is C19H26N4O. The maximum Gasteiger partial charge on any atom is 0.213 e. The number of fused-ring (bicyclic) bond motifs is 1. The van der Waals surface area contributed by atoms with Crippen molar-refractivity contribution in [2.75, 3.05) is 11.9 Å². The lowest BCUT2D eigenvalue weighted by Gasteiger charge is -2.08. The molecule has 0 fully saturated rings. The van der Waals surface area contributed by atoms with Gasteiger partial charge in [0.05, 0.1) is 11.6 Å². The number of nitrogens with one attached hydrogen (secondary N) is 2. The third-order valence-electron chi connectivity index (χ3n) is 3.31. The molecule has 2 heterocycles. The fraction of sp³-hybridized carbons (Fsp3) is 0.368. The van der Waals surface area contributed by atoms with Crippen molar-refractivity contribution in [2.45, 2.75) is 40.7 Å². The number of rotatable bonds is 5. The first-order valence-corrected chi connectivity index (χ1v) is 8.52. The Bertz CT molecular complexity index is 763. The Kier molecular flexibility index (Phi) is 6.18. The number of aromatic amines is 1. The molecule has 0 aliphatic heterocycles. The molecule has 0 saturated carbocycles. The molecule has 24 heavy (non-hydrogen) atoms. The third-order valence-corrected chi connectivity index (χ3v) is 3.31. The summed E-state index contributed by atoms with van der Waals surface area (Å²) in [6.07, 6.45) is 1.92. The van der Waals surface area contributed by atoms with Gasteiger partial charge in [-0.3, -0.25) is 5.10 Å². The average molecular weight is 326 g/mol. The van der Waals surface area contributed by atoms with Crippen molar-refractivity contribution in [1.82, 2.24) is 15.2 Å². The SMILES string of the molecule is CC.CCNc1ccc2[nH]nc(-c3ccc(OC(C)C)nc3)c2c1. The molecule has 1 aromatic carbocycles. The fourth-order valence-electron chi connectivity index (χ4n) is 2.38. The van der Waals surface area contributed by atoms with E-state index >= 15 is 0 Å². The van der Waals surface area contributed by atoms with Gasteiger partial charge in [-0.25, -0.2) is 4.98 Å². The van der Waals surface area contributed by atoms with Gasteiger partial charge in [-0.2, -0.15) is 5.10 Å². The van der Waals surface area contributed by atoms with Crippen LogP contribution >= 0.6 is 0 Å². The summed E-state index contributed by atoms with van der Waals surface area (Å²) in [5, 5.41) is 11.9. The van der Waals surface area contributed by atoms with E-state index in [4.69, 9.17) is 4.74 Å². The van der Waals surface area contributed by atoms with Crippen LogP contribution < -0.4 is 10.1 Å². The lowest BCUT2D eigenvalue weighted by Crippen LogP contribution is -2.06. The molecule has 0 spiro atoms. The molecular weight excluding hydrogens is 300 g/mol. The summed E-state index contributed by atoms with van der Waals surface area (Å²) in [4.78, 5) is 4.35. The van der Waals surface area contributed by atoms with Crippen LogP contribution in [0.15, 0.2) is 36.5 Å². The number of anilines is 1. The highest BCUT2D eigenvalue weighted by molar-refractivity contribution is 5.94. The lowest BCUT2D eigenvalue weighted by molar-refractivity contribution is 0.232. The summed E-state index contributed by atoms with van der Waals surface area (Å²) in [6, 6.07) is 10.1. The van der Waals surface area contributed by atoms with Gasteiger partial charge in [0, 0.05) is 35.4 Å². The maximum absolute atomic E-state index is 5.58. The van der Waals surface area contributed by atoms with Crippen LogP contribution in [-0.4, -0.2) is 27.8 Å². The largest absolute Gasteiger partial charge is 0.475 e. The molecule has 0 aliphatic carbocycles. The van der Waals surface area contributed by atoms with Crippen LogP contribution in [0.2, 0.25) is 0 Å². The second kappa shape index (κ2) is 8.34. The number of hydrogen-bond donors (Lipinski definition) is 2. The third kappa shape index (κ3) is 4.04. The zero-order valence-corrected chi connectivity index (χ0v) is 15.1. The first-order valence-electron chi connectivity index (χ1n) is 8.52. The number of aromatic nitrogens is 3. The van der Waals surface area contributed by atoms with Crippen LogP contribution in [0.4, 0.5) is 5.69 Å². The number of ether oxygens (including phenoxy) is 1. The number of pyridine rings is 1. The summed E-state index contributed by atoms with van der Waals surface area (Å²) in [7, 11) is 0. The number of benzene rings is 1. The lowest BCUT2D eigenvalue weighted by atomic mass is 10.1. The first kappa shape index (κ1) is 17.8. The Morgan fingerprint density at radius 1 is 1.17 bits per heavy atom. The predicted octanol–water partition coefficient (Wildman–Crippen LogP) is 4.87. The summed E-state index contributed by atoms with van der Waals surface area (Å²) < 4.78 is 5.58. The second-order valence-corrected chi connectivity index (χ2v) is 5.41. The maximum atomic E-state index is 5.58. The van der Waals surface area contributed by atoms with Crippen molar-refractivity contribution >= 4 is 16.6 Å². The molecule has 0 saturated heterocycles. The topological polar surface area (TPSA) is 62.8 Å². The predicted molar refractivity (Wildman–Crippen MR) is 101 cm³/mol. The van der Waals surface area contributed by atoms with Crippen LogP contribution in [0, 0.1) is 0 Å². The van der Waals surface area contributed by atoms with E-state index in [1.807, 2.05) is 52.0 Å². The number of nitrogens with zero attached hydrogens (tertiary/aromatic N) is 2. The van der Waals surface area contributed by atoms with Gasteiger partial charge in [-0.15, -0.1) is 0 Å². The molecule has 3 rings (SSSR count).